The molecule has 1 aliphatic heterocycles. The molecule has 1 saturated heterocycles. The van der Waals surface area contributed by atoms with Crippen LogP contribution in [0.3, 0.4) is 0 Å². The van der Waals surface area contributed by atoms with Gasteiger partial charge in [0.05, 0.1) is 0 Å². The predicted molar refractivity (Wildman–Crippen MR) is 69.1 cm³/mol. The lowest BCUT2D eigenvalue weighted by atomic mass is 9.99. The number of hydrogen-bond acceptors (Lipinski definition) is 3. The molecule has 0 aromatic carbocycles. The fraction of sp³-hybridized carbons (Fsp3) is 0.923. The first-order valence-electron chi connectivity index (χ1n) is 6.36. The van der Waals surface area contributed by atoms with Crippen molar-refractivity contribution in [2.75, 3.05) is 13.1 Å². The summed E-state index contributed by atoms with van der Waals surface area (Å²) in [4.78, 5) is 14.1. The summed E-state index contributed by atoms with van der Waals surface area (Å²) in [5.74, 6) is 0. The molecule has 0 spiro atoms. The van der Waals surface area contributed by atoms with Crippen LogP contribution in [0.15, 0.2) is 0 Å². The Balaban J connectivity index is 2.80. The van der Waals surface area contributed by atoms with E-state index in [2.05, 4.69) is 26.1 Å². The third-order valence-electron chi connectivity index (χ3n) is 3.03. The van der Waals surface area contributed by atoms with Crippen molar-refractivity contribution in [3.63, 3.8) is 0 Å². The molecule has 0 saturated carbocycles. The summed E-state index contributed by atoms with van der Waals surface area (Å²) < 4.78 is 5.48. The van der Waals surface area contributed by atoms with Gasteiger partial charge in [-0.2, -0.15) is 0 Å². The number of nitrogens with zero attached hydrogens (tertiary/aromatic N) is 1. The van der Waals surface area contributed by atoms with Crippen LogP contribution in [0.25, 0.3) is 0 Å². The van der Waals surface area contributed by atoms with E-state index < -0.39 is 5.60 Å². The Hall–Kier alpha value is -0.770. The quantitative estimate of drug-likeness (QED) is 0.709. The van der Waals surface area contributed by atoms with E-state index in [4.69, 9.17) is 4.74 Å². The van der Waals surface area contributed by atoms with Gasteiger partial charge < -0.3 is 15.0 Å². The van der Waals surface area contributed by atoms with E-state index in [1.165, 1.54) is 0 Å². The minimum Gasteiger partial charge on any atom is -0.444 e. The highest BCUT2D eigenvalue weighted by Gasteiger charge is 2.36. The number of ether oxygens (including phenoxy) is 1. The van der Waals surface area contributed by atoms with Crippen LogP contribution in [0.5, 0.6) is 0 Å². The van der Waals surface area contributed by atoms with Crippen LogP contribution in [0.1, 0.15) is 48.0 Å². The van der Waals surface area contributed by atoms with E-state index in [1.54, 1.807) is 0 Å². The molecule has 4 nitrogen and oxygen atoms in total. The molecule has 0 aliphatic carbocycles. The van der Waals surface area contributed by atoms with Gasteiger partial charge >= 0.3 is 6.09 Å². The Bertz CT molecular complexity index is 282. The topological polar surface area (TPSA) is 41.6 Å². The SMILES string of the molecule is C[C@@H]1CN(C(=O)OC(C)(C)C)C(C)(C)CCN1. The van der Waals surface area contributed by atoms with Gasteiger partial charge in [0.15, 0.2) is 0 Å². The van der Waals surface area contributed by atoms with Crippen molar-refractivity contribution in [1.82, 2.24) is 10.2 Å². The average Bonchev–Trinajstić information content (AvgIpc) is 2.22. The zero-order valence-electron chi connectivity index (χ0n) is 12.0. The smallest absolute Gasteiger partial charge is 0.410 e. The molecule has 0 aromatic rings. The van der Waals surface area contributed by atoms with Crippen molar-refractivity contribution in [3.8, 4) is 0 Å². The molecule has 1 amide bonds. The number of carbonyl (C=O) groups excluding carboxylic acids is 1. The van der Waals surface area contributed by atoms with Gasteiger partial charge in [-0.05, 0) is 54.5 Å². The number of rotatable bonds is 0. The van der Waals surface area contributed by atoms with E-state index in [-0.39, 0.29) is 11.6 Å². The lowest BCUT2D eigenvalue weighted by Gasteiger charge is -2.38. The Morgan fingerprint density at radius 1 is 1.41 bits per heavy atom. The molecule has 1 heterocycles. The van der Waals surface area contributed by atoms with Crippen LogP contribution < -0.4 is 5.32 Å². The summed E-state index contributed by atoms with van der Waals surface area (Å²) in [5.41, 5.74) is -0.587. The third kappa shape index (κ3) is 4.19. The van der Waals surface area contributed by atoms with E-state index in [9.17, 15) is 4.79 Å². The molecular formula is C13H26N2O2. The van der Waals surface area contributed by atoms with Crippen molar-refractivity contribution in [1.29, 1.82) is 0 Å². The Morgan fingerprint density at radius 2 is 2.00 bits per heavy atom. The molecule has 1 rings (SSSR count). The van der Waals surface area contributed by atoms with Crippen LogP contribution in [-0.4, -0.2) is 41.3 Å². The number of carbonyl (C=O) groups is 1. The summed E-state index contributed by atoms with van der Waals surface area (Å²) in [6, 6.07) is 0.310. The van der Waals surface area contributed by atoms with E-state index in [0.717, 1.165) is 13.0 Å². The molecule has 1 N–H and O–H groups in total. The first-order chi connectivity index (χ1) is 7.62. The van der Waals surface area contributed by atoms with Gasteiger partial charge in [0.1, 0.15) is 5.60 Å². The molecule has 0 radical (unpaired) electrons. The van der Waals surface area contributed by atoms with Crippen molar-refractivity contribution in [2.24, 2.45) is 0 Å². The van der Waals surface area contributed by atoms with Gasteiger partial charge in [-0.15, -0.1) is 0 Å². The Morgan fingerprint density at radius 3 is 2.53 bits per heavy atom. The molecular weight excluding hydrogens is 216 g/mol. The molecule has 1 fully saturated rings. The maximum Gasteiger partial charge on any atom is 0.410 e. The molecule has 0 aromatic heterocycles. The van der Waals surface area contributed by atoms with Gasteiger partial charge in [0, 0.05) is 18.1 Å². The van der Waals surface area contributed by atoms with Crippen LogP contribution in [0, 0.1) is 0 Å². The minimum atomic E-state index is -0.434. The molecule has 0 unspecified atom stereocenters. The van der Waals surface area contributed by atoms with Gasteiger partial charge in [0.25, 0.3) is 0 Å². The average molecular weight is 242 g/mol. The highest BCUT2D eigenvalue weighted by Crippen LogP contribution is 2.24. The molecule has 4 heteroatoms. The lowest BCUT2D eigenvalue weighted by Crippen LogP contribution is -2.51. The number of nitrogens with one attached hydrogen (secondary N) is 1. The normalized spacial score (nSPS) is 25.3. The fourth-order valence-electron chi connectivity index (χ4n) is 1.98. The Kier molecular flexibility index (Phi) is 4.07. The van der Waals surface area contributed by atoms with Crippen LogP contribution in [-0.2, 0) is 4.74 Å². The second-order valence-corrected chi connectivity index (χ2v) is 6.51. The summed E-state index contributed by atoms with van der Waals surface area (Å²) in [5, 5.41) is 3.40. The second kappa shape index (κ2) is 4.84. The van der Waals surface area contributed by atoms with Crippen molar-refractivity contribution >= 4 is 6.09 Å². The van der Waals surface area contributed by atoms with Crippen molar-refractivity contribution in [3.05, 3.63) is 0 Å². The van der Waals surface area contributed by atoms with Crippen LogP contribution in [0.2, 0.25) is 0 Å². The summed E-state index contributed by atoms with van der Waals surface area (Å²) >= 11 is 0. The highest BCUT2D eigenvalue weighted by atomic mass is 16.6. The number of hydrogen-bond donors (Lipinski definition) is 1. The number of amides is 1. The molecule has 1 atom stereocenters. The van der Waals surface area contributed by atoms with Crippen LogP contribution >= 0.6 is 0 Å². The lowest BCUT2D eigenvalue weighted by molar-refractivity contribution is 0.00342. The fourth-order valence-corrected chi connectivity index (χ4v) is 1.98. The zero-order chi connectivity index (χ0) is 13.3. The second-order valence-electron chi connectivity index (χ2n) is 6.51. The molecule has 17 heavy (non-hydrogen) atoms. The predicted octanol–water partition coefficient (Wildman–Crippen LogP) is 2.38. The molecule has 1 aliphatic rings. The summed E-state index contributed by atoms with van der Waals surface area (Å²) in [7, 11) is 0. The van der Waals surface area contributed by atoms with Gasteiger partial charge in [-0.1, -0.05) is 0 Å². The summed E-state index contributed by atoms with van der Waals surface area (Å²) in [6.07, 6.45) is 0.731. The van der Waals surface area contributed by atoms with E-state index >= 15 is 0 Å². The molecule has 100 valence electrons. The maximum atomic E-state index is 12.2. The summed E-state index contributed by atoms with van der Waals surface area (Å²) in [6.45, 7) is 13.6. The Labute approximate surface area is 105 Å². The van der Waals surface area contributed by atoms with E-state index in [0.29, 0.717) is 12.6 Å². The van der Waals surface area contributed by atoms with Gasteiger partial charge in [-0.25, -0.2) is 4.79 Å². The van der Waals surface area contributed by atoms with Crippen molar-refractivity contribution in [2.45, 2.75) is 65.1 Å². The highest BCUT2D eigenvalue weighted by molar-refractivity contribution is 5.69. The van der Waals surface area contributed by atoms with Gasteiger partial charge in [0.2, 0.25) is 0 Å². The largest absolute Gasteiger partial charge is 0.444 e. The van der Waals surface area contributed by atoms with Crippen molar-refractivity contribution < 1.29 is 9.53 Å². The first-order valence-corrected chi connectivity index (χ1v) is 6.36. The van der Waals surface area contributed by atoms with Gasteiger partial charge in [-0.3, -0.25) is 0 Å². The van der Waals surface area contributed by atoms with E-state index in [1.807, 2.05) is 25.7 Å². The third-order valence-corrected chi connectivity index (χ3v) is 3.03. The maximum absolute atomic E-state index is 12.2. The first kappa shape index (κ1) is 14.3. The minimum absolute atomic E-state index is 0.153. The zero-order valence-corrected chi connectivity index (χ0v) is 12.0. The standard InChI is InChI=1S/C13H26N2O2/c1-10-9-15(11(16)17-12(2,3)4)13(5,6)7-8-14-10/h10,14H,7-9H2,1-6H3/t10-/m1/s1. The monoisotopic (exact) mass is 242 g/mol. The molecule has 0 bridgehead atoms. The van der Waals surface area contributed by atoms with Crippen LogP contribution in [0.4, 0.5) is 4.79 Å².